The van der Waals surface area contributed by atoms with Gasteiger partial charge in [0.05, 0.1) is 35.0 Å². The number of hydrogen-bond donors (Lipinski definition) is 1. The molecule has 4 atom stereocenters. The van der Waals surface area contributed by atoms with Crippen LogP contribution in [0.5, 0.6) is 23.0 Å². The van der Waals surface area contributed by atoms with E-state index in [1.54, 1.807) is 90.5 Å². The van der Waals surface area contributed by atoms with Crippen LogP contribution in [0.15, 0.2) is 135 Å². The van der Waals surface area contributed by atoms with Gasteiger partial charge in [0.1, 0.15) is 45.7 Å². The van der Waals surface area contributed by atoms with Gasteiger partial charge in [0.15, 0.2) is 11.6 Å². The number of nitrogens with zero attached hydrogens (tertiary/aromatic N) is 6. The molecule has 0 amide bonds. The average Bonchev–Trinajstić information content (AvgIpc) is 3.37. The van der Waals surface area contributed by atoms with E-state index in [4.69, 9.17) is 23.7 Å². The number of aliphatic hydroxyl groups is 1. The van der Waals surface area contributed by atoms with Gasteiger partial charge >= 0.3 is 0 Å². The van der Waals surface area contributed by atoms with Gasteiger partial charge in [-0.1, -0.05) is 69.5 Å². The number of rotatable bonds is 23. The van der Waals surface area contributed by atoms with Gasteiger partial charge in [-0.2, -0.15) is 8.61 Å². The standard InChI is InChI=1S/C27H33N3O5S.C24H29N3O5S.2CH4/c1-6-15-35-26(27-28-16-20(2)17-29-27)21(3)36(31,32)30(18-22-7-11-24(33-4)12-8-22)19-23-9-13-25(34-5)14-10-23;1-17-13-25-24(26-14-17)23(28)18(2)33(29,30)27(15-19-5-9-21(31-3)10-6-19)16-20-7-11-22(32-4)12-8-20;;/h6-14,16-17,21,26H,1,15,18-19H2,2-5H3;5-14,18,23,28H,15-16H2,1-4H3;2*1H4/t21-,26-;18-,23-;;/m00../s1. The molecule has 0 aliphatic heterocycles. The number of methoxy groups -OCH3 is 4. The summed E-state index contributed by atoms with van der Waals surface area (Å²) in [6.07, 6.45) is 5.74. The summed E-state index contributed by atoms with van der Waals surface area (Å²) in [7, 11) is -1.50. The number of sulfonamides is 2. The van der Waals surface area contributed by atoms with Crippen LogP contribution in [0.25, 0.3) is 0 Å². The van der Waals surface area contributed by atoms with E-state index in [2.05, 4.69) is 26.5 Å². The molecule has 6 aromatic rings. The number of aromatic nitrogens is 4. The van der Waals surface area contributed by atoms with E-state index >= 15 is 0 Å². The second kappa shape index (κ2) is 27.9. The zero-order chi connectivity index (χ0) is 50.1. The van der Waals surface area contributed by atoms with E-state index in [9.17, 15) is 21.9 Å². The maximum absolute atomic E-state index is 14.0. The van der Waals surface area contributed by atoms with E-state index < -0.39 is 42.8 Å². The summed E-state index contributed by atoms with van der Waals surface area (Å²) in [5, 5.41) is 8.65. The minimum atomic E-state index is -3.95. The molecule has 4 aromatic carbocycles. The van der Waals surface area contributed by atoms with Crippen LogP contribution in [-0.4, -0.2) is 96.0 Å². The molecule has 0 aliphatic rings. The van der Waals surface area contributed by atoms with Crippen LogP contribution in [0.4, 0.5) is 0 Å². The third-order valence-corrected chi connectivity index (χ3v) is 15.5. The van der Waals surface area contributed by atoms with Crippen molar-refractivity contribution >= 4 is 20.0 Å². The minimum Gasteiger partial charge on any atom is -0.497 e. The molecule has 0 spiro atoms. The molecule has 0 saturated heterocycles. The number of benzene rings is 4. The fraction of sp³-hybridized carbons (Fsp3) is 0.358. The van der Waals surface area contributed by atoms with Crippen molar-refractivity contribution in [2.75, 3.05) is 35.0 Å². The lowest BCUT2D eigenvalue weighted by Gasteiger charge is -2.30. The van der Waals surface area contributed by atoms with Crippen LogP contribution in [0.1, 0.15) is 85.9 Å². The van der Waals surface area contributed by atoms with Crippen LogP contribution >= 0.6 is 0 Å². The summed E-state index contributed by atoms with van der Waals surface area (Å²) < 4.78 is 84.9. The number of aryl methyl sites for hydroxylation is 2. The fourth-order valence-corrected chi connectivity index (χ4v) is 10.1. The maximum Gasteiger partial charge on any atom is 0.220 e. The topological polar surface area (TPSA) is 193 Å². The highest BCUT2D eigenvalue weighted by atomic mass is 32.2. The van der Waals surface area contributed by atoms with Gasteiger partial charge in [-0.05, 0) is 110 Å². The molecule has 0 bridgehead atoms. The SMILES string of the molecule is C.C.C=CCO[C@H](c1ncc(C)cn1)[C@H](C)S(=O)(=O)N(Cc1ccc(OC)cc1)Cc1ccc(OC)cc1.COc1ccc(CN(Cc2ccc(OC)cc2)S(=O)(=O)[C@@H](C)[C@H](O)c2ncc(C)cn2)cc1. The van der Waals surface area contributed by atoms with Gasteiger partial charge in [-0.15, -0.1) is 6.58 Å². The Morgan fingerprint density at radius 3 is 1.08 bits per heavy atom. The molecule has 71 heavy (non-hydrogen) atoms. The van der Waals surface area contributed by atoms with Gasteiger partial charge < -0.3 is 28.8 Å². The molecule has 0 radical (unpaired) electrons. The fourth-order valence-electron chi connectivity index (χ4n) is 6.91. The summed E-state index contributed by atoms with van der Waals surface area (Å²) in [6.45, 7) is 11.2. The predicted octanol–water partition coefficient (Wildman–Crippen LogP) is 9.00. The number of hydrogen-bond acceptors (Lipinski definition) is 14. The minimum absolute atomic E-state index is 0. The third kappa shape index (κ3) is 16.4. The first-order valence-electron chi connectivity index (χ1n) is 22.0. The molecule has 0 fully saturated rings. The Bertz CT molecular complexity index is 2630. The van der Waals surface area contributed by atoms with Gasteiger partial charge in [0, 0.05) is 51.0 Å². The van der Waals surface area contributed by atoms with Crippen molar-refractivity contribution in [2.24, 2.45) is 0 Å². The zero-order valence-electron chi connectivity index (χ0n) is 40.3. The predicted molar refractivity (Wildman–Crippen MR) is 278 cm³/mol. The van der Waals surface area contributed by atoms with Crippen LogP contribution in [0, 0.1) is 13.8 Å². The Morgan fingerprint density at radius 2 is 0.803 bits per heavy atom. The van der Waals surface area contributed by atoms with Crippen molar-refractivity contribution < 1.29 is 45.6 Å². The Morgan fingerprint density at radius 1 is 0.521 bits per heavy atom. The maximum atomic E-state index is 14.0. The Balaban J connectivity index is 0.000000366. The van der Waals surface area contributed by atoms with Crippen molar-refractivity contribution in [1.82, 2.24) is 28.5 Å². The highest BCUT2D eigenvalue weighted by Crippen LogP contribution is 2.30. The Hall–Kier alpha value is -6.28. The van der Waals surface area contributed by atoms with E-state index in [0.29, 0.717) is 28.8 Å². The van der Waals surface area contributed by atoms with Crippen molar-refractivity contribution in [1.29, 1.82) is 0 Å². The molecule has 384 valence electrons. The zero-order valence-corrected chi connectivity index (χ0v) is 41.9. The van der Waals surface area contributed by atoms with Crippen LogP contribution in [-0.2, 0) is 51.0 Å². The van der Waals surface area contributed by atoms with Crippen LogP contribution < -0.4 is 18.9 Å². The average molecular weight is 1020 g/mol. The largest absolute Gasteiger partial charge is 0.497 e. The van der Waals surface area contributed by atoms with Crippen LogP contribution in [0.3, 0.4) is 0 Å². The smallest absolute Gasteiger partial charge is 0.220 e. The van der Waals surface area contributed by atoms with E-state index in [1.807, 2.05) is 86.6 Å². The second-order valence-corrected chi connectivity index (χ2v) is 20.7. The molecule has 2 aromatic heterocycles. The van der Waals surface area contributed by atoms with E-state index in [0.717, 1.165) is 33.4 Å². The number of ether oxygens (including phenoxy) is 5. The normalized spacial score (nSPS) is 13.0. The molecule has 16 nitrogen and oxygen atoms in total. The van der Waals surface area contributed by atoms with E-state index in [-0.39, 0.29) is 53.5 Å². The van der Waals surface area contributed by atoms with Gasteiger partial charge in [0.2, 0.25) is 20.0 Å². The quantitative estimate of drug-likeness (QED) is 0.0598. The highest BCUT2D eigenvalue weighted by Gasteiger charge is 2.38. The van der Waals surface area contributed by atoms with E-state index in [1.165, 1.54) is 15.5 Å². The molecular formula is C53H70N6O10S2. The molecule has 18 heteroatoms. The second-order valence-electron chi connectivity index (χ2n) is 16.2. The van der Waals surface area contributed by atoms with Crippen molar-refractivity contribution in [3.8, 4) is 23.0 Å². The first-order chi connectivity index (χ1) is 33.0. The lowest BCUT2D eigenvalue weighted by atomic mass is 10.2. The van der Waals surface area contributed by atoms with Gasteiger partial charge in [-0.3, -0.25) is 0 Å². The van der Waals surface area contributed by atoms with Crippen molar-refractivity contribution in [3.05, 3.63) is 180 Å². The Kier molecular flexibility index (Phi) is 23.2. The van der Waals surface area contributed by atoms with Crippen molar-refractivity contribution in [2.45, 2.75) is 91.4 Å². The lowest BCUT2D eigenvalue weighted by molar-refractivity contribution is 0.0654. The first-order valence-corrected chi connectivity index (χ1v) is 25.0. The molecule has 1 N–H and O–H groups in total. The monoisotopic (exact) mass is 1010 g/mol. The molecule has 2 heterocycles. The number of aliphatic hydroxyl groups excluding tert-OH is 1. The third-order valence-electron chi connectivity index (χ3n) is 11.1. The van der Waals surface area contributed by atoms with Crippen LogP contribution in [0.2, 0.25) is 0 Å². The molecule has 0 unspecified atom stereocenters. The summed E-state index contributed by atoms with van der Waals surface area (Å²) in [5.74, 6) is 3.15. The summed E-state index contributed by atoms with van der Waals surface area (Å²) in [6, 6.07) is 29.1. The molecule has 0 aliphatic carbocycles. The summed E-state index contributed by atoms with van der Waals surface area (Å²) in [5.41, 5.74) is 4.94. The Labute approximate surface area is 421 Å². The summed E-state index contributed by atoms with van der Waals surface area (Å²) >= 11 is 0. The first kappa shape index (κ1) is 59.0. The lowest BCUT2D eigenvalue weighted by Crippen LogP contribution is -2.40. The molecule has 0 saturated carbocycles. The van der Waals surface area contributed by atoms with Gasteiger partial charge in [0.25, 0.3) is 0 Å². The molecule has 6 rings (SSSR count). The summed E-state index contributed by atoms with van der Waals surface area (Å²) in [4.78, 5) is 16.9. The highest BCUT2D eigenvalue weighted by molar-refractivity contribution is 7.90. The van der Waals surface area contributed by atoms with Gasteiger partial charge in [-0.25, -0.2) is 36.8 Å². The van der Waals surface area contributed by atoms with Crippen molar-refractivity contribution in [3.63, 3.8) is 0 Å². The molecular weight excluding hydrogens is 945 g/mol.